The van der Waals surface area contributed by atoms with E-state index in [1.165, 1.54) is 4.90 Å². The molecular weight excluding hydrogens is 216 g/mol. The zero-order chi connectivity index (χ0) is 11.8. The number of benzene rings is 1. The summed E-state index contributed by atoms with van der Waals surface area (Å²) in [5, 5.41) is 0. The number of hydrogen-bond acceptors (Lipinski definition) is 3. The molecule has 3 heteroatoms. The largest absolute Gasteiger partial charge is 0.308 e. The van der Waals surface area contributed by atoms with Crippen molar-refractivity contribution >= 4 is 11.8 Å². The van der Waals surface area contributed by atoms with Crippen LogP contribution in [0.2, 0.25) is 0 Å². The van der Waals surface area contributed by atoms with E-state index in [-0.39, 0.29) is 0 Å². The van der Waals surface area contributed by atoms with Crippen molar-refractivity contribution in [2.24, 2.45) is 0 Å². The second-order valence-corrected chi connectivity index (χ2v) is 5.44. The molecule has 0 spiro atoms. The van der Waals surface area contributed by atoms with Gasteiger partial charge in [-0.1, -0.05) is 18.2 Å². The highest BCUT2D eigenvalue weighted by Crippen LogP contribution is 2.16. The van der Waals surface area contributed by atoms with Gasteiger partial charge in [0.05, 0.1) is 0 Å². The number of nitrogens with zero attached hydrogens (tertiary/aromatic N) is 2. The monoisotopic (exact) mass is 238 g/mol. The summed E-state index contributed by atoms with van der Waals surface area (Å²) in [6, 6.07) is 10.6. The quantitative estimate of drug-likeness (QED) is 0.673. The van der Waals surface area contributed by atoms with Gasteiger partial charge in [0.2, 0.25) is 0 Å². The van der Waals surface area contributed by atoms with Gasteiger partial charge < -0.3 is 9.80 Å². The van der Waals surface area contributed by atoms with Gasteiger partial charge in [-0.05, 0) is 33.3 Å². The highest BCUT2D eigenvalue weighted by molar-refractivity contribution is 7.99. The summed E-state index contributed by atoms with van der Waals surface area (Å²) in [6.45, 7) is 3.42. The van der Waals surface area contributed by atoms with Crippen LogP contribution in [0, 0.1) is 0 Å². The second-order valence-electron chi connectivity index (χ2n) is 4.27. The van der Waals surface area contributed by atoms with Crippen molar-refractivity contribution < 1.29 is 0 Å². The van der Waals surface area contributed by atoms with Gasteiger partial charge in [-0.2, -0.15) is 0 Å². The normalized spacial score (nSPS) is 11.3. The van der Waals surface area contributed by atoms with Crippen molar-refractivity contribution in [2.45, 2.75) is 4.90 Å². The number of likely N-dealkylation sites (N-methyl/N-ethyl adjacent to an activating group) is 2. The Morgan fingerprint density at radius 2 is 1.62 bits per heavy atom. The van der Waals surface area contributed by atoms with E-state index in [0.29, 0.717) is 0 Å². The van der Waals surface area contributed by atoms with Crippen LogP contribution >= 0.6 is 11.8 Å². The van der Waals surface area contributed by atoms with E-state index < -0.39 is 0 Å². The summed E-state index contributed by atoms with van der Waals surface area (Å²) in [6.07, 6.45) is 0. The van der Waals surface area contributed by atoms with Crippen LogP contribution in [-0.4, -0.2) is 56.3 Å². The average Bonchev–Trinajstić information content (AvgIpc) is 2.28. The Morgan fingerprint density at radius 1 is 0.938 bits per heavy atom. The van der Waals surface area contributed by atoms with Crippen molar-refractivity contribution in [1.29, 1.82) is 0 Å². The van der Waals surface area contributed by atoms with Crippen LogP contribution < -0.4 is 0 Å². The third-order valence-electron chi connectivity index (χ3n) is 2.41. The molecule has 0 aromatic heterocycles. The van der Waals surface area contributed by atoms with E-state index in [4.69, 9.17) is 0 Å². The smallest absolute Gasteiger partial charge is 0.0108 e. The Morgan fingerprint density at radius 3 is 2.25 bits per heavy atom. The minimum absolute atomic E-state index is 1.13. The summed E-state index contributed by atoms with van der Waals surface area (Å²) in [4.78, 5) is 5.97. The fourth-order valence-electron chi connectivity index (χ4n) is 1.32. The minimum Gasteiger partial charge on any atom is -0.308 e. The molecule has 0 bridgehead atoms. The fourth-order valence-corrected chi connectivity index (χ4v) is 2.31. The number of thioether (sulfide) groups is 1. The maximum absolute atomic E-state index is 2.38. The molecule has 0 N–H and O–H groups in total. The zero-order valence-electron chi connectivity index (χ0n) is 10.5. The Balaban J connectivity index is 2.11. The van der Waals surface area contributed by atoms with E-state index in [1.807, 2.05) is 11.8 Å². The van der Waals surface area contributed by atoms with Gasteiger partial charge in [-0.25, -0.2) is 0 Å². The first-order chi connectivity index (χ1) is 7.68. The van der Waals surface area contributed by atoms with E-state index in [1.54, 1.807) is 0 Å². The standard InChI is InChI=1S/C13H22N2S/c1-14(2)9-10-15(3)11-12-16-13-7-5-4-6-8-13/h4-8H,9-12H2,1-3H3. The molecule has 1 aromatic rings. The molecule has 0 amide bonds. The van der Waals surface area contributed by atoms with Gasteiger partial charge >= 0.3 is 0 Å². The molecule has 90 valence electrons. The van der Waals surface area contributed by atoms with Gasteiger partial charge in [0.1, 0.15) is 0 Å². The Kier molecular flexibility index (Phi) is 6.53. The molecule has 0 aliphatic rings. The molecule has 2 nitrogen and oxygen atoms in total. The van der Waals surface area contributed by atoms with Gasteiger partial charge in [0.15, 0.2) is 0 Å². The predicted octanol–water partition coefficient (Wildman–Crippen LogP) is 2.27. The van der Waals surface area contributed by atoms with Crippen LogP contribution in [0.1, 0.15) is 0 Å². The van der Waals surface area contributed by atoms with E-state index in [9.17, 15) is 0 Å². The summed E-state index contributed by atoms with van der Waals surface area (Å²) < 4.78 is 0. The second kappa shape index (κ2) is 7.71. The lowest BCUT2D eigenvalue weighted by Crippen LogP contribution is -2.30. The lowest BCUT2D eigenvalue weighted by atomic mass is 10.4. The van der Waals surface area contributed by atoms with Crippen molar-refractivity contribution in [2.75, 3.05) is 46.5 Å². The lowest BCUT2D eigenvalue weighted by Gasteiger charge is -2.18. The Hall–Kier alpha value is -0.510. The van der Waals surface area contributed by atoms with Crippen LogP contribution in [0.3, 0.4) is 0 Å². The first-order valence-electron chi connectivity index (χ1n) is 5.69. The lowest BCUT2D eigenvalue weighted by molar-refractivity contribution is 0.294. The summed E-state index contributed by atoms with van der Waals surface area (Å²) in [5.41, 5.74) is 0. The Bertz CT molecular complexity index is 275. The first-order valence-corrected chi connectivity index (χ1v) is 6.68. The summed E-state index contributed by atoms with van der Waals surface area (Å²) in [5.74, 6) is 1.16. The fraction of sp³-hybridized carbons (Fsp3) is 0.538. The van der Waals surface area contributed by atoms with Crippen LogP contribution in [0.15, 0.2) is 35.2 Å². The zero-order valence-corrected chi connectivity index (χ0v) is 11.3. The van der Waals surface area contributed by atoms with Crippen LogP contribution in [0.4, 0.5) is 0 Å². The molecule has 0 atom stereocenters. The SMILES string of the molecule is CN(C)CCN(C)CCSc1ccccc1. The summed E-state index contributed by atoms with van der Waals surface area (Å²) >= 11 is 1.93. The number of rotatable bonds is 7. The molecular formula is C13H22N2S. The first kappa shape index (κ1) is 13.6. The molecule has 0 fully saturated rings. The number of hydrogen-bond donors (Lipinski definition) is 0. The molecule has 0 saturated carbocycles. The van der Waals surface area contributed by atoms with Gasteiger partial charge in [-0.3, -0.25) is 0 Å². The van der Waals surface area contributed by atoms with E-state index >= 15 is 0 Å². The Labute approximate surface area is 104 Å². The van der Waals surface area contributed by atoms with Gasteiger partial charge in [0, 0.05) is 30.3 Å². The molecule has 0 heterocycles. The molecule has 0 radical (unpaired) electrons. The third kappa shape index (κ3) is 6.16. The van der Waals surface area contributed by atoms with Crippen LogP contribution in [0.5, 0.6) is 0 Å². The van der Waals surface area contributed by atoms with Crippen LogP contribution in [-0.2, 0) is 0 Å². The molecule has 16 heavy (non-hydrogen) atoms. The molecule has 0 unspecified atom stereocenters. The highest BCUT2D eigenvalue weighted by atomic mass is 32.2. The van der Waals surface area contributed by atoms with E-state index in [0.717, 1.165) is 25.4 Å². The molecule has 0 saturated heterocycles. The highest BCUT2D eigenvalue weighted by Gasteiger charge is 1.99. The molecule has 1 aromatic carbocycles. The summed E-state index contributed by atoms with van der Waals surface area (Å²) in [7, 11) is 6.42. The predicted molar refractivity (Wildman–Crippen MR) is 73.2 cm³/mol. The molecule has 0 aliphatic carbocycles. The maximum atomic E-state index is 2.38. The van der Waals surface area contributed by atoms with Crippen LogP contribution in [0.25, 0.3) is 0 Å². The molecule has 0 aliphatic heterocycles. The average molecular weight is 238 g/mol. The third-order valence-corrected chi connectivity index (χ3v) is 3.41. The topological polar surface area (TPSA) is 6.48 Å². The maximum Gasteiger partial charge on any atom is 0.0108 e. The van der Waals surface area contributed by atoms with Gasteiger partial charge in [-0.15, -0.1) is 11.8 Å². The van der Waals surface area contributed by atoms with E-state index in [2.05, 4.69) is 61.3 Å². The van der Waals surface area contributed by atoms with Crippen molar-refractivity contribution in [3.8, 4) is 0 Å². The minimum atomic E-state index is 1.13. The molecule has 1 rings (SSSR count). The van der Waals surface area contributed by atoms with Crippen molar-refractivity contribution in [1.82, 2.24) is 9.80 Å². The van der Waals surface area contributed by atoms with Gasteiger partial charge in [0.25, 0.3) is 0 Å². The van der Waals surface area contributed by atoms with Crippen molar-refractivity contribution in [3.63, 3.8) is 0 Å². The van der Waals surface area contributed by atoms with Crippen molar-refractivity contribution in [3.05, 3.63) is 30.3 Å².